The third-order valence-corrected chi connectivity index (χ3v) is 2.93. The second-order valence-corrected chi connectivity index (χ2v) is 4.50. The molecule has 98 valence electrons. The summed E-state index contributed by atoms with van der Waals surface area (Å²) in [5.41, 5.74) is 2.39. The monoisotopic (exact) mass is 258 g/mol. The number of aryl methyl sites for hydroxylation is 1. The zero-order valence-electron chi connectivity index (χ0n) is 11.0. The molecule has 0 amide bonds. The number of rotatable bonds is 4. The van der Waals surface area contributed by atoms with Gasteiger partial charge in [0.2, 0.25) is 0 Å². The van der Waals surface area contributed by atoms with Crippen molar-refractivity contribution in [1.29, 1.82) is 0 Å². The fourth-order valence-corrected chi connectivity index (χ4v) is 1.92. The van der Waals surface area contributed by atoms with E-state index in [1.807, 2.05) is 43.1 Å². The van der Waals surface area contributed by atoms with Gasteiger partial charge < -0.3 is 0 Å². The van der Waals surface area contributed by atoms with E-state index in [1.165, 1.54) is 11.6 Å². The fraction of sp³-hybridized carbons (Fsp3) is 0.214. The topological polar surface area (TPSA) is 60.5 Å². The third-order valence-electron chi connectivity index (χ3n) is 2.93. The summed E-state index contributed by atoms with van der Waals surface area (Å²) >= 11 is 0. The maximum atomic E-state index is 11.0. The van der Waals surface area contributed by atoms with Crippen LogP contribution in [0.1, 0.15) is 11.1 Å². The summed E-state index contributed by atoms with van der Waals surface area (Å²) in [5.74, 6) is 0.507. The summed E-state index contributed by atoms with van der Waals surface area (Å²) in [4.78, 5) is 15.4. The Morgan fingerprint density at radius 3 is 2.58 bits per heavy atom. The van der Waals surface area contributed by atoms with Crippen molar-refractivity contribution < 1.29 is 9.91 Å². The van der Waals surface area contributed by atoms with Crippen LogP contribution in [0.2, 0.25) is 0 Å². The van der Waals surface area contributed by atoms with E-state index in [2.05, 4.69) is 4.98 Å². The standard InChI is InChI=1S/C14H15N3O2/c1-11-5-7-12(8-6-11)10-16(2)14-13(17(18)19)4-3-9-15-14/h3-9H,10H2,1-2H3/p+1. The first-order valence-corrected chi connectivity index (χ1v) is 5.99. The van der Waals surface area contributed by atoms with Crippen molar-refractivity contribution in [2.75, 3.05) is 11.9 Å². The number of hydrogen-bond donors (Lipinski definition) is 0. The minimum Gasteiger partial charge on any atom is -0.258 e. The summed E-state index contributed by atoms with van der Waals surface area (Å²) < 4.78 is 0. The zero-order chi connectivity index (χ0) is 13.8. The highest BCUT2D eigenvalue weighted by Gasteiger charge is 2.24. The van der Waals surface area contributed by atoms with Crippen LogP contribution < -0.4 is 9.88 Å². The molecule has 1 aromatic carbocycles. The van der Waals surface area contributed by atoms with Crippen LogP contribution in [-0.2, 0) is 6.54 Å². The van der Waals surface area contributed by atoms with Crippen LogP contribution in [-0.4, -0.2) is 12.0 Å². The molecule has 0 saturated carbocycles. The van der Waals surface area contributed by atoms with Gasteiger partial charge in [-0.15, -0.1) is 0 Å². The summed E-state index contributed by atoms with van der Waals surface area (Å²) in [7, 11) is 1.83. The number of nitrogens with zero attached hydrogens (tertiary/aromatic N) is 2. The van der Waals surface area contributed by atoms with Crippen LogP contribution in [0, 0.1) is 17.0 Å². The van der Waals surface area contributed by atoms with Crippen LogP contribution >= 0.6 is 0 Å². The Kier molecular flexibility index (Phi) is 3.75. The Balaban J connectivity index is 2.22. The zero-order valence-corrected chi connectivity index (χ0v) is 11.0. The van der Waals surface area contributed by atoms with E-state index in [9.17, 15) is 10.1 Å². The van der Waals surface area contributed by atoms with Crippen molar-refractivity contribution in [3.05, 3.63) is 63.8 Å². The van der Waals surface area contributed by atoms with E-state index in [0.717, 1.165) is 5.56 Å². The number of nitrogens with one attached hydrogen (secondary N) is 1. The van der Waals surface area contributed by atoms with Gasteiger partial charge in [0.1, 0.15) is 6.54 Å². The Morgan fingerprint density at radius 1 is 1.26 bits per heavy atom. The summed E-state index contributed by atoms with van der Waals surface area (Å²) in [6, 6.07) is 11.2. The maximum Gasteiger partial charge on any atom is 0.357 e. The van der Waals surface area contributed by atoms with Gasteiger partial charge in [0.15, 0.2) is 0 Å². The molecule has 1 aromatic heterocycles. The van der Waals surface area contributed by atoms with Crippen molar-refractivity contribution in [2.24, 2.45) is 0 Å². The number of aromatic amines is 1. The molecule has 0 atom stereocenters. The first kappa shape index (κ1) is 13.0. The lowest BCUT2D eigenvalue weighted by Gasteiger charge is -2.11. The highest BCUT2D eigenvalue weighted by molar-refractivity contribution is 5.52. The second-order valence-electron chi connectivity index (χ2n) is 4.50. The fourth-order valence-electron chi connectivity index (χ4n) is 1.92. The lowest BCUT2D eigenvalue weighted by atomic mass is 10.1. The van der Waals surface area contributed by atoms with Gasteiger partial charge in [-0.05, 0) is 18.6 Å². The second kappa shape index (κ2) is 5.48. The van der Waals surface area contributed by atoms with Gasteiger partial charge in [0.05, 0.1) is 18.2 Å². The Morgan fingerprint density at radius 2 is 1.95 bits per heavy atom. The van der Waals surface area contributed by atoms with E-state index in [0.29, 0.717) is 12.4 Å². The minimum absolute atomic E-state index is 0.0807. The molecule has 0 spiro atoms. The number of pyridine rings is 1. The highest BCUT2D eigenvalue weighted by Crippen LogP contribution is 2.22. The van der Waals surface area contributed by atoms with Crippen molar-refractivity contribution in [1.82, 2.24) is 0 Å². The molecule has 0 saturated heterocycles. The molecule has 1 heterocycles. The molecule has 5 nitrogen and oxygen atoms in total. The predicted octanol–water partition coefficient (Wildman–Crippen LogP) is 2.35. The van der Waals surface area contributed by atoms with Gasteiger partial charge in [-0.3, -0.25) is 15.0 Å². The van der Waals surface area contributed by atoms with Gasteiger partial charge in [0.25, 0.3) is 0 Å². The first-order valence-electron chi connectivity index (χ1n) is 5.99. The molecule has 19 heavy (non-hydrogen) atoms. The first-order chi connectivity index (χ1) is 9.08. The highest BCUT2D eigenvalue weighted by atomic mass is 16.6. The van der Waals surface area contributed by atoms with Crippen molar-refractivity contribution in [3.63, 3.8) is 0 Å². The molecule has 2 rings (SSSR count). The quantitative estimate of drug-likeness (QED) is 0.624. The van der Waals surface area contributed by atoms with Crippen LogP contribution in [0.3, 0.4) is 0 Å². The summed E-state index contributed by atoms with van der Waals surface area (Å²) in [6.07, 6.45) is 1.69. The summed E-state index contributed by atoms with van der Waals surface area (Å²) in [5, 5.41) is 11.0. The van der Waals surface area contributed by atoms with E-state index in [4.69, 9.17) is 0 Å². The third kappa shape index (κ3) is 3.07. The van der Waals surface area contributed by atoms with E-state index >= 15 is 0 Å². The Bertz CT molecular complexity index is 581. The number of nitro groups is 1. The Labute approximate surface area is 111 Å². The van der Waals surface area contributed by atoms with Gasteiger partial charge in [-0.25, -0.2) is 4.98 Å². The SMILES string of the molecule is Cc1ccc(CN(C)c2[nH+]cccc2[N+](=O)[O-])cc1. The number of H-pyrrole nitrogens is 1. The van der Waals surface area contributed by atoms with Crippen molar-refractivity contribution in [3.8, 4) is 0 Å². The molecular formula is C14H16N3O2+. The molecule has 0 fully saturated rings. The van der Waals surface area contributed by atoms with Crippen LogP contribution in [0.15, 0.2) is 42.6 Å². The van der Waals surface area contributed by atoms with E-state index in [-0.39, 0.29) is 10.6 Å². The molecule has 0 unspecified atom stereocenters. The molecule has 0 radical (unpaired) electrons. The number of aromatic nitrogens is 1. The summed E-state index contributed by atoms with van der Waals surface area (Å²) in [6.45, 7) is 2.64. The lowest BCUT2D eigenvalue weighted by molar-refractivity contribution is -0.411. The normalized spacial score (nSPS) is 10.2. The largest absolute Gasteiger partial charge is 0.357 e. The van der Waals surface area contributed by atoms with E-state index < -0.39 is 0 Å². The molecular weight excluding hydrogens is 242 g/mol. The van der Waals surface area contributed by atoms with E-state index in [1.54, 1.807) is 12.3 Å². The van der Waals surface area contributed by atoms with Crippen molar-refractivity contribution in [2.45, 2.75) is 13.5 Å². The number of anilines is 1. The van der Waals surface area contributed by atoms with Crippen LogP contribution in [0.5, 0.6) is 0 Å². The van der Waals surface area contributed by atoms with Gasteiger partial charge in [-0.2, -0.15) is 0 Å². The van der Waals surface area contributed by atoms with Gasteiger partial charge in [0, 0.05) is 6.07 Å². The number of benzene rings is 1. The number of hydrogen-bond acceptors (Lipinski definition) is 3. The van der Waals surface area contributed by atoms with Crippen molar-refractivity contribution >= 4 is 11.5 Å². The average molecular weight is 258 g/mol. The molecule has 0 bridgehead atoms. The molecule has 5 heteroatoms. The maximum absolute atomic E-state index is 11.0. The molecule has 2 aromatic rings. The molecule has 0 aliphatic carbocycles. The molecule has 0 aliphatic rings. The smallest absolute Gasteiger partial charge is 0.258 e. The van der Waals surface area contributed by atoms with Crippen LogP contribution in [0.25, 0.3) is 0 Å². The van der Waals surface area contributed by atoms with Gasteiger partial charge >= 0.3 is 11.5 Å². The lowest BCUT2D eigenvalue weighted by Crippen LogP contribution is -2.25. The predicted molar refractivity (Wildman–Crippen MR) is 72.9 cm³/mol. The Hall–Kier alpha value is -2.43. The molecule has 0 aliphatic heterocycles. The van der Waals surface area contributed by atoms with Gasteiger partial charge in [-0.1, -0.05) is 29.8 Å². The minimum atomic E-state index is -0.378. The average Bonchev–Trinajstić information content (AvgIpc) is 2.41. The molecule has 1 N–H and O–H groups in total. The van der Waals surface area contributed by atoms with Crippen LogP contribution in [0.4, 0.5) is 11.5 Å².